The largest absolute Gasteiger partial charge is 0.383 e. The van der Waals surface area contributed by atoms with E-state index in [1.54, 1.807) is 48.7 Å². The zero-order valence-corrected chi connectivity index (χ0v) is 15.9. The standard InChI is InChI=1S/C22H21FN4O2/c1-15(28)26-19-6-8-20(9-7-19)27-22(29)17-12-21(14-24-13-17)25-11-10-16-2-4-18(23)5-3-16/h2-9,12-14,25H,10-11H2,1H3,(H,26,28)(H,27,29). The minimum absolute atomic E-state index is 0.156. The molecule has 2 aromatic carbocycles. The molecule has 1 heterocycles. The van der Waals surface area contributed by atoms with Crippen LogP contribution in [0.1, 0.15) is 22.8 Å². The van der Waals surface area contributed by atoms with Crippen molar-refractivity contribution in [2.24, 2.45) is 0 Å². The number of anilines is 3. The van der Waals surface area contributed by atoms with Crippen LogP contribution in [-0.4, -0.2) is 23.3 Å². The van der Waals surface area contributed by atoms with Gasteiger partial charge in [-0.2, -0.15) is 0 Å². The average Bonchev–Trinajstić information content (AvgIpc) is 2.71. The molecule has 0 saturated heterocycles. The number of amides is 2. The van der Waals surface area contributed by atoms with E-state index in [1.165, 1.54) is 25.3 Å². The van der Waals surface area contributed by atoms with Gasteiger partial charge < -0.3 is 16.0 Å². The summed E-state index contributed by atoms with van der Waals surface area (Å²) in [7, 11) is 0. The first-order valence-corrected chi connectivity index (χ1v) is 9.12. The SMILES string of the molecule is CC(=O)Nc1ccc(NC(=O)c2cncc(NCCc3ccc(F)cc3)c2)cc1. The van der Waals surface area contributed by atoms with Crippen LogP contribution in [0.2, 0.25) is 0 Å². The maximum absolute atomic E-state index is 12.9. The van der Waals surface area contributed by atoms with E-state index < -0.39 is 0 Å². The van der Waals surface area contributed by atoms with E-state index in [1.807, 2.05) is 0 Å². The zero-order valence-electron chi connectivity index (χ0n) is 15.9. The Kier molecular flexibility index (Phi) is 6.52. The first-order chi connectivity index (χ1) is 14.0. The molecule has 7 heteroatoms. The number of carbonyl (C=O) groups excluding carboxylic acids is 2. The van der Waals surface area contributed by atoms with E-state index in [4.69, 9.17) is 0 Å². The summed E-state index contributed by atoms with van der Waals surface area (Å²) < 4.78 is 12.9. The lowest BCUT2D eigenvalue weighted by Gasteiger charge is -2.09. The summed E-state index contributed by atoms with van der Waals surface area (Å²) in [6, 6.07) is 14.9. The molecule has 0 bridgehead atoms. The molecule has 0 atom stereocenters. The number of hydrogen-bond acceptors (Lipinski definition) is 4. The second kappa shape index (κ2) is 9.45. The first kappa shape index (κ1) is 20.0. The number of halogens is 1. The predicted octanol–water partition coefficient (Wildman–Crippen LogP) is 4.09. The maximum atomic E-state index is 12.9. The van der Waals surface area contributed by atoms with Gasteiger partial charge >= 0.3 is 0 Å². The zero-order chi connectivity index (χ0) is 20.6. The van der Waals surface area contributed by atoms with Crippen molar-refractivity contribution in [3.63, 3.8) is 0 Å². The molecule has 0 spiro atoms. The van der Waals surface area contributed by atoms with Gasteiger partial charge in [0.25, 0.3) is 5.91 Å². The van der Waals surface area contributed by atoms with E-state index in [-0.39, 0.29) is 17.6 Å². The van der Waals surface area contributed by atoms with E-state index in [0.29, 0.717) is 23.5 Å². The highest BCUT2D eigenvalue weighted by atomic mass is 19.1. The van der Waals surface area contributed by atoms with Gasteiger partial charge in [-0.25, -0.2) is 4.39 Å². The molecule has 3 N–H and O–H groups in total. The Bertz CT molecular complexity index is 988. The van der Waals surface area contributed by atoms with E-state index in [2.05, 4.69) is 20.9 Å². The van der Waals surface area contributed by atoms with Crippen LogP contribution in [0, 0.1) is 5.82 Å². The van der Waals surface area contributed by atoms with Crippen LogP contribution >= 0.6 is 0 Å². The van der Waals surface area contributed by atoms with Crippen LogP contribution in [0.4, 0.5) is 21.5 Å². The van der Waals surface area contributed by atoms with Crippen molar-refractivity contribution in [1.29, 1.82) is 0 Å². The second-order valence-corrected chi connectivity index (χ2v) is 6.48. The number of hydrogen-bond donors (Lipinski definition) is 3. The van der Waals surface area contributed by atoms with Crippen molar-refractivity contribution in [2.45, 2.75) is 13.3 Å². The van der Waals surface area contributed by atoms with Crippen molar-refractivity contribution in [3.8, 4) is 0 Å². The molecule has 0 aliphatic carbocycles. The Morgan fingerprint density at radius 2 is 1.55 bits per heavy atom. The van der Waals surface area contributed by atoms with E-state index in [9.17, 15) is 14.0 Å². The van der Waals surface area contributed by atoms with Crippen LogP contribution in [0.25, 0.3) is 0 Å². The topological polar surface area (TPSA) is 83.1 Å². The summed E-state index contributed by atoms with van der Waals surface area (Å²) in [5.41, 5.74) is 3.43. The molecule has 3 rings (SSSR count). The molecule has 0 saturated carbocycles. The Hall–Kier alpha value is -3.74. The molecule has 0 aliphatic heterocycles. The van der Waals surface area contributed by atoms with Crippen LogP contribution in [0.15, 0.2) is 67.0 Å². The minimum atomic E-state index is -0.285. The fourth-order valence-corrected chi connectivity index (χ4v) is 2.71. The Labute approximate surface area is 168 Å². The second-order valence-electron chi connectivity index (χ2n) is 6.48. The predicted molar refractivity (Wildman–Crippen MR) is 112 cm³/mol. The third-order valence-electron chi connectivity index (χ3n) is 4.12. The van der Waals surface area contributed by atoms with Crippen molar-refractivity contribution >= 4 is 28.9 Å². The van der Waals surface area contributed by atoms with Gasteiger partial charge in [0, 0.05) is 37.2 Å². The third-order valence-corrected chi connectivity index (χ3v) is 4.12. The average molecular weight is 392 g/mol. The van der Waals surface area contributed by atoms with Crippen molar-refractivity contribution in [2.75, 3.05) is 22.5 Å². The van der Waals surface area contributed by atoms with Crippen molar-refractivity contribution < 1.29 is 14.0 Å². The lowest BCUT2D eigenvalue weighted by molar-refractivity contribution is -0.114. The number of carbonyl (C=O) groups is 2. The first-order valence-electron chi connectivity index (χ1n) is 9.12. The van der Waals surface area contributed by atoms with Gasteiger partial charge in [-0.15, -0.1) is 0 Å². The van der Waals surface area contributed by atoms with Gasteiger partial charge in [-0.3, -0.25) is 14.6 Å². The molecular formula is C22H21FN4O2. The van der Waals surface area contributed by atoms with Gasteiger partial charge in [-0.05, 0) is 54.4 Å². The fraction of sp³-hybridized carbons (Fsp3) is 0.136. The molecular weight excluding hydrogens is 371 g/mol. The van der Waals surface area contributed by atoms with Gasteiger partial charge in [0.05, 0.1) is 11.3 Å². The van der Waals surface area contributed by atoms with Gasteiger partial charge in [0.15, 0.2) is 0 Å². The van der Waals surface area contributed by atoms with Gasteiger partial charge in [0.1, 0.15) is 5.82 Å². The van der Waals surface area contributed by atoms with Crippen LogP contribution < -0.4 is 16.0 Å². The van der Waals surface area contributed by atoms with E-state index in [0.717, 1.165) is 17.7 Å². The highest BCUT2D eigenvalue weighted by Crippen LogP contribution is 2.16. The molecule has 29 heavy (non-hydrogen) atoms. The number of benzene rings is 2. The van der Waals surface area contributed by atoms with Crippen LogP contribution in [0.3, 0.4) is 0 Å². The summed E-state index contributed by atoms with van der Waals surface area (Å²) >= 11 is 0. The Morgan fingerprint density at radius 3 is 2.21 bits per heavy atom. The molecule has 0 fully saturated rings. The van der Waals surface area contributed by atoms with Gasteiger partial charge in [0.2, 0.25) is 5.91 Å². The molecule has 1 aromatic heterocycles. The number of nitrogens with zero attached hydrogens (tertiary/aromatic N) is 1. The summed E-state index contributed by atoms with van der Waals surface area (Å²) in [5, 5.41) is 8.68. The van der Waals surface area contributed by atoms with Crippen LogP contribution in [0.5, 0.6) is 0 Å². The summed E-state index contributed by atoms with van der Waals surface area (Å²) in [6.45, 7) is 2.06. The number of aromatic nitrogens is 1. The summed E-state index contributed by atoms with van der Waals surface area (Å²) in [4.78, 5) is 27.6. The number of nitrogens with one attached hydrogen (secondary N) is 3. The minimum Gasteiger partial charge on any atom is -0.383 e. The highest BCUT2D eigenvalue weighted by Gasteiger charge is 2.08. The normalized spacial score (nSPS) is 10.3. The third kappa shape index (κ3) is 6.14. The molecule has 148 valence electrons. The number of rotatable bonds is 7. The molecule has 0 aliphatic rings. The quantitative estimate of drug-likeness (QED) is 0.566. The summed E-state index contributed by atoms with van der Waals surface area (Å²) in [5.74, 6) is -0.696. The maximum Gasteiger partial charge on any atom is 0.257 e. The smallest absolute Gasteiger partial charge is 0.257 e. The van der Waals surface area contributed by atoms with Crippen molar-refractivity contribution in [3.05, 3.63) is 83.9 Å². The lowest BCUT2D eigenvalue weighted by Crippen LogP contribution is -2.13. The molecule has 0 unspecified atom stereocenters. The Balaban J connectivity index is 1.55. The monoisotopic (exact) mass is 392 g/mol. The van der Waals surface area contributed by atoms with Crippen LogP contribution in [-0.2, 0) is 11.2 Å². The number of pyridine rings is 1. The molecule has 2 amide bonds. The summed E-state index contributed by atoms with van der Waals surface area (Å²) in [6.07, 6.45) is 3.85. The molecule has 0 radical (unpaired) electrons. The Morgan fingerprint density at radius 1 is 0.897 bits per heavy atom. The fourth-order valence-electron chi connectivity index (χ4n) is 2.71. The highest BCUT2D eigenvalue weighted by molar-refractivity contribution is 6.04. The van der Waals surface area contributed by atoms with Gasteiger partial charge in [-0.1, -0.05) is 12.1 Å². The van der Waals surface area contributed by atoms with E-state index >= 15 is 0 Å². The molecule has 3 aromatic rings. The molecule has 6 nitrogen and oxygen atoms in total. The lowest BCUT2D eigenvalue weighted by atomic mass is 10.1. The van der Waals surface area contributed by atoms with Crippen molar-refractivity contribution in [1.82, 2.24) is 4.98 Å².